The topological polar surface area (TPSA) is 131 Å². The maximum Gasteiger partial charge on any atom is 0.265 e. The number of H-pyrrole nitrogens is 1. The Morgan fingerprint density at radius 2 is 2.21 bits per heavy atom. The fraction of sp³-hybridized carbons (Fsp3) is 0.294. The summed E-state index contributed by atoms with van der Waals surface area (Å²) in [5.41, 5.74) is 8.04. The van der Waals surface area contributed by atoms with E-state index in [1.807, 2.05) is 24.8 Å². The molecule has 9 nitrogen and oxygen atoms in total. The summed E-state index contributed by atoms with van der Waals surface area (Å²) < 4.78 is 1.74. The van der Waals surface area contributed by atoms with Gasteiger partial charge in [0.15, 0.2) is 5.13 Å². The van der Waals surface area contributed by atoms with Crippen LogP contribution >= 0.6 is 23.7 Å². The predicted octanol–water partition coefficient (Wildman–Crippen LogP) is 1.33. The predicted molar refractivity (Wildman–Crippen MR) is 109 cm³/mol. The van der Waals surface area contributed by atoms with E-state index in [2.05, 4.69) is 25.7 Å². The van der Waals surface area contributed by atoms with Crippen LogP contribution in [0, 0.1) is 5.92 Å². The van der Waals surface area contributed by atoms with Crippen molar-refractivity contribution in [3.05, 3.63) is 41.3 Å². The van der Waals surface area contributed by atoms with Crippen molar-refractivity contribution in [2.75, 3.05) is 18.4 Å². The number of nitrogens with two attached hydrogens (primary N) is 1. The Hall–Kier alpha value is -2.69. The first-order valence-corrected chi connectivity index (χ1v) is 9.33. The van der Waals surface area contributed by atoms with Gasteiger partial charge in [-0.1, -0.05) is 0 Å². The van der Waals surface area contributed by atoms with Gasteiger partial charge in [0.1, 0.15) is 5.69 Å². The van der Waals surface area contributed by atoms with Crippen molar-refractivity contribution < 1.29 is 9.59 Å². The largest absolute Gasteiger partial charge is 0.364 e. The zero-order valence-corrected chi connectivity index (χ0v) is 16.6. The highest BCUT2D eigenvalue weighted by Crippen LogP contribution is 2.30. The van der Waals surface area contributed by atoms with Crippen molar-refractivity contribution in [1.29, 1.82) is 0 Å². The minimum Gasteiger partial charge on any atom is -0.364 e. The average Bonchev–Trinajstić information content (AvgIpc) is 3.40. The number of rotatable bonds is 5. The third-order valence-corrected chi connectivity index (χ3v) is 5.44. The molecule has 3 aromatic rings. The molecule has 0 unspecified atom stereocenters. The van der Waals surface area contributed by atoms with E-state index in [-0.39, 0.29) is 30.2 Å². The van der Waals surface area contributed by atoms with Crippen molar-refractivity contribution in [3.63, 3.8) is 0 Å². The van der Waals surface area contributed by atoms with E-state index in [4.69, 9.17) is 5.73 Å². The number of halogens is 1. The summed E-state index contributed by atoms with van der Waals surface area (Å²) in [7, 11) is 1.86. The normalized spacial score (nSPS) is 18.6. The summed E-state index contributed by atoms with van der Waals surface area (Å²) in [6.07, 6.45) is 5.42. The molecule has 0 saturated carbocycles. The highest BCUT2D eigenvalue weighted by Gasteiger charge is 2.35. The van der Waals surface area contributed by atoms with Crippen molar-refractivity contribution in [2.24, 2.45) is 18.7 Å². The number of hydrogen-bond acceptors (Lipinski definition) is 6. The van der Waals surface area contributed by atoms with Crippen LogP contribution in [0.3, 0.4) is 0 Å². The Morgan fingerprint density at radius 1 is 1.39 bits per heavy atom. The lowest BCUT2D eigenvalue weighted by molar-refractivity contribution is -0.119. The van der Waals surface area contributed by atoms with Crippen LogP contribution in [0.2, 0.25) is 0 Å². The van der Waals surface area contributed by atoms with Crippen molar-refractivity contribution >= 4 is 40.7 Å². The van der Waals surface area contributed by atoms with E-state index in [1.54, 1.807) is 16.9 Å². The number of aromatic nitrogens is 4. The van der Waals surface area contributed by atoms with E-state index in [0.29, 0.717) is 23.1 Å². The summed E-state index contributed by atoms with van der Waals surface area (Å²) in [6, 6.07) is 1.64. The number of aromatic amines is 1. The van der Waals surface area contributed by atoms with Crippen molar-refractivity contribution in [1.82, 2.24) is 25.1 Å². The molecule has 11 heteroatoms. The Labute approximate surface area is 171 Å². The van der Waals surface area contributed by atoms with Crippen LogP contribution in [-0.2, 0) is 11.8 Å². The Balaban J connectivity index is 0.00000225. The number of primary amides is 1. The van der Waals surface area contributed by atoms with Gasteiger partial charge in [-0.2, -0.15) is 5.10 Å². The van der Waals surface area contributed by atoms with E-state index < -0.39 is 5.91 Å². The van der Waals surface area contributed by atoms with Crippen LogP contribution in [0.4, 0.5) is 5.13 Å². The SMILES string of the molecule is Cl.Cn1cc([C@H]2CNC[C@@H]2C(=O)Nc2nc(-c3c[nH]c(C(N)=O)c3)cs2)cn1. The fourth-order valence-electron chi connectivity index (χ4n) is 3.28. The van der Waals surface area contributed by atoms with E-state index in [1.165, 1.54) is 11.3 Å². The van der Waals surface area contributed by atoms with Gasteiger partial charge in [-0.05, 0) is 11.6 Å². The van der Waals surface area contributed by atoms with Crippen LogP contribution in [0.1, 0.15) is 22.0 Å². The highest BCUT2D eigenvalue weighted by molar-refractivity contribution is 7.14. The highest BCUT2D eigenvalue weighted by atomic mass is 35.5. The molecule has 2 amide bonds. The quantitative estimate of drug-likeness (QED) is 0.493. The van der Waals surface area contributed by atoms with Gasteiger partial charge in [0.05, 0.1) is 17.8 Å². The maximum absolute atomic E-state index is 12.8. The number of hydrogen-bond donors (Lipinski definition) is 4. The number of aryl methyl sites for hydroxylation is 1. The van der Waals surface area contributed by atoms with Gasteiger partial charge in [0.25, 0.3) is 5.91 Å². The Bertz CT molecular complexity index is 995. The van der Waals surface area contributed by atoms with Gasteiger partial charge < -0.3 is 21.4 Å². The van der Waals surface area contributed by atoms with E-state index >= 15 is 0 Å². The lowest BCUT2D eigenvalue weighted by Gasteiger charge is -2.15. The van der Waals surface area contributed by atoms with Gasteiger partial charge in [-0.15, -0.1) is 23.7 Å². The first-order valence-electron chi connectivity index (χ1n) is 8.45. The van der Waals surface area contributed by atoms with E-state index in [9.17, 15) is 9.59 Å². The maximum atomic E-state index is 12.8. The lowest BCUT2D eigenvalue weighted by atomic mass is 9.90. The van der Waals surface area contributed by atoms with Crippen molar-refractivity contribution in [2.45, 2.75) is 5.92 Å². The second kappa shape index (κ2) is 8.13. The van der Waals surface area contributed by atoms with Gasteiger partial charge in [0.2, 0.25) is 5.91 Å². The van der Waals surface area contributed by atoms with Crippen LogP contribution in [0.5, 0.6) is 0 Å². The van der Waals surface area contributed by atoms with Crippen molar-refractivity contribution in [3.8, 4) is 11.3 Å². The summed E-state index contributed by atoms with van der Waals surface area (Å²) in [4.78, 5) is 31.2. The minimum atomic E-state index is -0.528. The molecule has 5 N–H and O–H groups in total. The molecule has 4 rings (SSSR count). The second-order valence-electron chi connectivity index (χ2n) is 6.51. The summed E-state index contributed by atoms with van der Waals surface area (Å²) in [5, 5.41) is 12.7. The molecular formula is C17H20ClN7O2S. The molecule has 4 heterocycles. The Morgan fingerprint density at radius 3 is 2.89 bits per heavy atom. The summed E-state index contributed by atoms with van der Waals surface area (Å²) in [5.74, 6) is -0.696. The molecule has 0 aromatic carbocycles. The number of nitrogens with zero attached hydrogens (tertiary/aromatic N) is 3. The molecule has 1 fully saturated rings. The van der Waals surface area contributed by atoms with Crippen LogP contribution in [0.15, 0.2) is 30.0 Å². The van der Waals surface area contributed by atoms with Crippen LogP contribution in [0.25, 0.3) is 11.3 Å². The summed E-state index contributed by atoms with van der Waals surface area (Å²) >= 11 is 1.34. The molecule has 1 aliphatic heterocycles. The molecule has 0 aliphatic carbocycles. The average molecular weight is 422 g/mol. The lowest BCUT2D eigenvalue weighted by Crippen LogP contribution is -2.28. The molecular weight excluding hydrogens is 402 g/mol. The molecule has 0 spiro atoms. The second-order valence-corrected chi connectivity index (χ2v) is 7.37. The van der Waals surface area contributed by atoms with Gasteiger partial charge >= 0.3 is 0 Å². The smallest absolute Gasteiger partial charge is 0.265 e. The van der Waals surface area contributed by atoms with Gasteiger partial charge in [-0.25, -0.2) is 4.98 Å². The molecule has 1 saturated heterocycles. The molecule has 28 heavy (non-hydrogen) atoms. The molecule has 3 aromatic heterocycles. The molecule has 0 radical (unpaired) electrons. The van der Waals surface area contributed by atoms with E-state index in [0.717, 1.165) is 17.7 Å². The first kappa shape index (κ1) is 20.1. The minimum absolute atomic E-state index is 0. The molecule has 1 aliphatic rings. The van der Waals surface area contributed by atoms with Gasteiger partial charge in [-0.3, -0.25) is 14.3 Å². The van der Waals surface area contributed by atoms with Crippen LogP contribution in [-0.4, -0.2) is 44.7 Å². The fourth-order valence-corrected chi connectivity index (χ4v) is 4.00. The van der Waals surface area contributed by atoms with Crippen LogP contribution < -0.4 is 16.4 Å². The van der Waals surface area contributed by atoms with Gasteiger partial charge in [0, 0.05) is 49.4 Å². The molecule has 148 valence electrons. The standard InChI is InChI=1S/C17H19N7O2S.ClH/c1-24-7-10(4-21-24)11-5-19-6-12(11)16(26)23-17-22-14(8-27-17)9-2-13(15(18)25)20-3-9;/h2-4,7-8,11-12,19-20H,5-6H2,1H3,(H2,18,25)(H,22,23,26);1H/t11-,12+;/m1./s1. The number of anilines is 1. The number of amides is 2. The molecule has 0 bridgehead atoms. The number of nitrogens with one attached hydrogen (secondary N) is 3. The summed E-state index contributed by atoms with van der Waals surface area (Å²) in [6.45, 7) is 1.36. The number of carbonyl (C=O) groups excluding carboxylic acids is 2. The molecule has 2 atom stereocenters. The third-order valence-electron chi connectivity index (χ3n) is 4.68. The zero-order valence-electron chi connectivity index (χ0n) is 15.0. The Kier molecular flexibility index (Phi) is 5.82. The number of carbonyl (C=O) groups is 2. The number of thiazole rings is 1. The zero-order chi connectivity index (χ0) is 19.0. The monoisotopic (exact) mass is 421 g/mol. The third kappa shape index (κ3) is 3.93. The first-order chi connectivity index (χ1) is 13.0.